The number of phenolic OH excluding ortho intramolecular Hbond substituents is 2. The molecule has 2 aromatic carbocycles. The van der Waals surface area contributed by atoms with Crippen molar-refractivity contribution in [3.63, 3.8) is 0 Å². The summed E-state index contributed by atoms with van der Waals surface area (Å²) in [5, 5.41) is 22.9. The highest BCUT2D eigenvalue weighted by molar-refractivity contribution is 6.42. The third-order valence-corrected chi connectivity index (χ3v) is 4.47. The molecular weight excluding hydrogens is 381 g/mol. The molecule has 1 amide bonds. The van der Waals surface area contributed by atoms with E-state index in [4.69, 9.17) is 27.9 Å². The summed E-state index contributed by atoms with van der Waals surface area (Å²) in [7, 11) is 0. The van der Waals surface area contributed by atoms with E-state index in [-0.39, 0.29) is 11.6 Å². The van der Waals surface area contributed by atoms with Crippen molar-refractivity contribution >= 4 is 35.1 Å². The SMILES string of the molecule is Cc1ccc(C(=O)OCC(=O)NC(C)c2ccc(Cl)c(Cl)c2)c(O)c1O. The quantitative estimate of drug-likeness (QED) is 0.527. The predicted molar refractivity (Wildman–Crippen MR) is 97.8 cm³/mol. The summed E-state index contributed by atoms with van der Waals surface area (Å²) in [4.78, 5) is 23.9. The Bertz CT molecular complexity index is 854. The lowest BCUT2D eigenvalue weighted by atomic mass is 10.1. The molecule has 26 heavy (non-hydrogen) atoms. The van der Waals surface area contributed by atoms with E-state index in [9.17, 15) is 19.8 Å². The van der Waals surface area contributed by atoms with E-state index in [2.05, 4.69) is 5.32 Å². The van der Waals surface area contributed by atoms with Crippen molar-refractivity contribution in [3.05, 3.63) is 57.1 Å². The molecule has 1 atom stereocenters. The fourth-order valence-electron chi connectivity index (χ4n) is 2.20. The van der Waals surface area contributed by atoms with E-state index in [1.165, 1.54) is 12.1 Å². The number of rotatable bonds is 5. The maximum atomic E-state index is 12.0. The van der Waals surface area contributed by atoms with Crippen molar-refractivity contribution in [2.75, 3.05) is 6.61 Å². The van der Waals surface area contributed by atoms with Gasteiger partial charge in [-0.05, 0) is 43.2 Å². The zero-order valence-electron chi connectivity index (χ0n) is 14.0. The molecule has 0 fully saturated rings. The van der Waals surface area contributed by atoms with Gasteiger partial charge in [0.15, 0.2) is 18.1 Å². The number of aryl methyl sites for hydroxylation is 1. The van der Waals surface area contributed by atoms with Crippen LogP contribution >= 0.6 is 23.2 Å². The van der Waals surface area contributed by atoms with Gasteiger partial charge in [-0.15, -0.1) is 0 Å². The van der Waals surface area contributed by atoms with Crippen molar-refractivity contribution in [3.8, 4) is 11.5 Å². The summed E-state index contributed by atoms with van der Waals surface area (Å²) in [6.45, 7) is 2.77. The Morgan fingerprint density at radius 1 is 1.12 bits per heavy atom. The van der Waals surface area contributed by atoms with Crippen LogP contribution in [0.4, 0.5) is 0 Å². The van der Waals surface area contributed by atoms with Gasteiger partial charge in [-0.25, -0.2) is 4.79 Å². The summed E-state index contributed by atoms with van der Waals surface area (Å²) < 4.78 is 4.88. The smallest absolute Gasteiger partial charge is 0.342 e. The van der Waals surface area contributed by atoms with E-state index in [0.29, 0.717) is 15.6 Å². The Hall–Kier alpha value is -2.44. The summed E-state index contributed by atoms with van der Waals surface area (Å²) in [5.74, 6) is -2.44. The number of ether oxygens (including phenoxy) is 1. The van der Waals surface area contributed by atoms with E-state index in [0.717, 1.165) is 5.56 Å². The molecule has 0 bridgehead atoms. The van der Waals surface area contributed by atoms with Gasteiger partial charge in [0.05, 0.1) is 16.1 Å². The van der Waals surface area contributed by atoms with Gasteiger partial charge in [-0.3, -0.25) is 4.79 Å². The summed E-state index contributed by atoms with van der Waals surface area (Å²) in [6, 6.07) is 7.36. The van der Waals surface area contributed by atoms with Gasteiger partial charge >= 0.3 is 5.97 Å². The topological polar surface area (TPSA) is 95.9 Å². The highest BCUT2D eigenvalue weighted by Gasteiger charge is 2.19. The van der Waals surface area contributed by atoms with Crippen LogP contribution in [0.2, 0.25) is 10.0 Å². The number of hydrogen-bond donors (Lipinski definition) is 3. The summed E-state index contributed by atoms with van der Waals surface area (Å²) in [5.41, 5.74) is 0.922. The zero-order valence-corrected chi connectivity index (χ0v) is 15.6. The van der Waals surface area contributed by atoms with E-state index >= 15 is 0 Å². The normalized spacial score (nSPS) is 11.7. The number of carbonyl (C=O) groups is 2. The van der Waals surface area contributed by atoms with Crippen LogP contribution in [0.25, 0.3) is 0 Å². The van der Waals surface area contributed by atoms with E-state index in [1.54, 1.807) is 32.0 Å². The third-order valence-electron chi connectivity index (χ3n) is 3.73. The first-order chi connectivity index (χ1) is 12.2. The van der Waals surface area contributed by atoms with Crippen LogP contribution in [0.15, 0.2) is 30.3 Å². The average molecular weight is 398 g/mol. The number of amides is 1. The van der Waals surface area contributed by atoms with E-state index in [1.807, 2.05) is 0 Å². The number of carbonyl (C=O) groups excluding carboxylic acids is 2. The van der Waals surface area contributed by atoms with Gasteiger partial charge < -0.3 is 20.3 Å². The van der Waals surface area contributed by atoms with Crippen molar-refractivity contribution < 1.29 is 24.5 Å². The molecule has 3 N–H and O–H groups in total. The first-order valence-electron chi connectivity index (χ1n) is 7.63. The van der Waals surface area contributed by atoms with E-state index < -0.39 is 30.0 Å². The van der Waals surface area contributed by atoms with Crippen LogP contribution in [-0.2, 0) is 9.53 Å². The molecule has 8 heteroatoms. The van der Waals surface area contributed by atoms with Crippen LogP contribution in [-0.4, -0.2) is 28.7 Å². The Morgan fingerprint density at radius 3 is 2.46 bits per heavy atom. The summed E-state index contributed by atoms with van der Waals surface area (Å²) in [6.07, 6.45) is 0. The van der Waals surface area contributed by atoms with Crippen LogP contribution in [0.1, 0.15) is 34.5 Å². The van der Waals surface area contributed by atoms with Gasteiger partial charge in [0.1, 0.15) is 5.56 Å². The number of nitrogens with one attached hydrogen (secondary N) is 1. The predicted octanol–water partition coefficient (Wildman–Crippen LogP) is 3.75. The Labute approximate surface area is 160 Å². The molecule has 0 saturated heterocycles. The van der Waals surface area contributed by atoms with Gasteiger partial charge in [0, 0.05) is 0 Å². The van der Waals surface area contributed by atoms with Gasteiger partial charge in [-0.1, -0.05) is 35.3 Å². The fraction of sp³-hybridized carbons (Fsp3) is 0.222. The molecule has 0 aliphatic carbocycles. The molecule has 0 radical (unpaired) electrons. The second kappa shape index (κ2) is 8.29. The molecular formula is C18H17Cl2NO5. The maximum Gasteiger partial charge on any atom is 0.342 e. The second-order valence-corrected chi connectivity index (χ2v) is 6.48. The third kappa shape index (κ3) is 4.59. The zero-order chi connectivity index (χ0) is 19.4. The highest BCUT2D eigenvalue weighted by Crippen LogP contribution is 2.32. The van der Waals surface area contributed by atoms with Crippen molar-refractivity contribution in [1.82, 2.24) is 5.32 Å². The molecule has 0 saturated carbocycles. The average Bonchev–Trinajstić information content (AvgIpc) is 2.60. The molecule has 0 aliphatic rings. The molecule has 138 valence electrons. The number of benzene rings is 2. The monoisotopic (exact) mass is 397 g/mol. The minimum absolute atomic E-state index is 0.224. The number of halogens is 2. The summed E-state index contributed by atoms with van der Waals surface area (Å²) >= 11 is 11.8. The molecule has 2 rings (SSSR count). The lowest BCUT2D eigenvalue weighted by Crippen LogP contribution is -2.31. The maximum absolute atomic E-state index is 12.0. The standard InChI is InChI=1S/C18H17Cl2NO5/c1-9-3-5-12(17(24)16(9)23)18(25)26-8-15(22)21-10(2)11-4-6-13(19)14(20)7-11/h3-7,10,23-24H,8H2,1-2H3,(H,21,22). The largest absolute Gasteiger partial charge is 0.504 e. The highest BCUT2D eigenvalue weighted by atomic mass is 35.5. The number of hydrogen-bond acceptors (Lipinski definition) is 5. The lowest BCUT2D eigenvalue weighted by molar-refractivity contribution is -0.124. The molecule has 1 unspecified atom stereocenters. The number of aromatic hydroxyl groups is 2. The van der Waals surface area contributed by atoms with Crippen molar-refractivity contribution in [2.45, 2.75) is 19.9 Å². The fourth-order valence-corrected chi connectivity index (χ4v) is 2.51. The molecule has 2 aromatic rings. The Kier molecular flexibility index (Phi) is 6.34. The van der Waals surface area contributed by atoms with Gasteiger partial charge in [0.2, 0.25) is 0 Å². The second-order valence-electron chi connectivity index (χ2n) is 5.67. The first-order valence-corrected chi connectivity index (χ1v) is 8.39. The van der Waals surface area contributed by atoms with Gasteiger partial charge in [-0.2, -0.15) is 0 Å². The molecule has 0 aliphatic heterocycles. The van der Waals surface area contributed by atoms with Crippen molar-refractivity contribution in [1.29, 1.82) is 0 Å². The lowest BCUT2D eigenvalue weighted by Gasteiger charge is -2.15. The molecule has 0 spiro atoms. The van der Waals surface area contributed by atoms with Crippen LogP contribution in [0, 0.1) is 6.92 Å². The first kappa shape index (κ1) is 19.9. The van der Waals surface area contributed by atoms with Crippen LogP contribution in [0.5, 0.6) is 11.5 Å². The Morgan fingerprint density at radius 2 is 1.81 bits per heavy atom. The van der Waals surface area contributed by atoms with Crippen LogP contribution < -0.4 is 5.32 Å². The molecule has 0 heterocycles. The minimum atomic E-state index is -0.921. The van der Waals surface area contributed by atoms with Crippen molar-refractivity contribution in [2.24, 2.45) is 0 Å². The van der Waals surface area contributed by atoms with Gasteiger partial charge in [0.25, 0.3) is 5.91 Å². The molecule has 6 nitrogen and oxygen atoms in total. The van der Waals surface area contributed by atoms with Crippen LogP contribution in [0.3, 0.4) is 0 Å². The number of esters is 1. The Balaban J connectivity index is 1.95. The number of phenols is 2. The minimum Gasteiger partial charge on any atom is -0.504 e. The molecule has 0 aromatic heterocycles.